The molecule has 0 aliphatic carbocycles. The molecule has 0 saturated heterocycles. The molecule has 0 radical (unpaired) electrons. The molecule has 1 rings (SSSR count). The fourth-order valence-electron chi connectivity index (χ4n) is 1.40. The first-order valence-electron chi connectivity index (χ1n) is 5.01. The topological polar surface area (TPSA) is 0 Å². The molecule has 13 heavy (non-hydrogen) atoms. The second-order valence-corrected chi connectivity index (χ2v) is 3.43. The van der Waals surface area contributed by atoms with Crippen LogP contribution in [0.4, 0.5) is 4.39 Å². The van der Waals surface area contributed by atoms with E-state index in [1.54, 1.807) is 0 Å². The van der Waals surface area contributed by atoms with Crippen LogP contribution < -0.4 is 0 Å². The summed E-state index contributed by atoms with van der Waals surface area (Å²) < 4.78 is 13.3. The molecule has 0 spiro atoms. The van der Waals surface area contributed by atoms with Crippen LogP contribution in [0.15, 0.2) is 30.3 Å². The zero-order valence-corrected chi connectivity index (χ0v) is 8.17. The van der Waals surface area contributed by atoms with E-state index in [1.807, 2.05) is 30.3 Å². The van der Waals surface area contributed by atoms with Crippen LogP contribution in [0, 0.1) is 0 Å². The van der Waals surface area contributed by atoms with Crippen molar-refractivity contribution in [3.63, 3.8) is 0 Å². The molecule has 1 aromatic carbocycles. The third-order valence-electron chi connectivity index (χ3n) is 2.17. The van der Waals surface area contributed by atoms with E-state index < -0.39 is 6.17 Å². The van der Waals surface area contributed by atoms with Crippen LogP contribution in [0.2, 0.25) is 0 Å². The third-order valence-corrected chi connectivity index (χ3v) is 2.17. The molecule has 1 heteroatoms. The SMILES string of the molecule is CCCCC(F)Cc1ccccc1. The summed E-state index contributed by atoms with van der Waals surface area (Å²) in [5.41, 5.74) is 1.10. The first kappa shape index (κ1) is 10.2. The fourth-order valence-corrected chi connectivity index (χ4v) is 1.40. The van der Waals surface area contributed by atoms with E-state index in [4.69, 9.17) is 0 Å². The Kier molecular flexibility index (Phi) is 4.52. The first-order valence-corrected chi connectivity index (χ1v) is 5.01. The lowest BCUT2D eigenvalue weighted by Gasteiger charge is -2.06. The van der Waals surface area contributed by atoms with Gasteiger partial charge in [-0.15, -0.1) is 0 Å². The minimum absolute atomic E-state index is 0.570. The van der Waals surface area contributed by atoms with E-state index in [0.717, 1.165) is 18.4 Å². The standard InChI is InChI=1S/C12H17F/c1-2-3-9-12(13)10-11-7-5-4-6-8-11/h4-8,12H,2-3,9-10H2,1H3. The highest BCUT2D eigenvalue weighted by Crippen LogP contribution is 2.11. The molecule has 72 valence electrons. The molecule has 0 fully saturated rings. The Balaban J connectivity index is 2.32. The molecule has 1 aromatic rings. The fraction of sp³-hybridized carbons (Fsp3) is 0.500. The second-order valence-electron chi connectivity index (χ2n) is 3.43. The highest BCUT2D eigenvalue weighted by Gasteiger charge is 2.05. The molecule has 0 amide bonds. The minimum Gasteiger partial charge on any atom is -0.247 e. The molecule has 1 atom stereocenters. The van der Waals surface area contributed by atoms with Gasteiger partial charge in [-0.1, -0.05) is 50.1 Å². The van der Waals surface area contributed by atoms with Gasteiger partial charge >= 0.3 is 0 Å². The number of halogens is 1. The maximum absolute atomic E-state index is 13.3. The maximum atomic E-state index is 13.3. The Bertz CT molecular complexity index is 218. The molecule has 0 aliphatic rings. The lowest BCUT2D eigenvalue weighted by atomic mass is 10.0. The van der Waals surface area contributed by atoms with Gasteiger partial charge in [0.25, 0.3) is 0 Å². The van der Waals surface area contributed by atoms with Crippen LogP contribution in [0.25, 0.3) is 0 Å². The van der Waals surface area contributed by atoms with Gasteiger partial charge in [-0.2, -0.15) is 0 Å². The van der Waals surface area contributed by atoms with Gasteiger partial charge in [-0.25, -0.2) is 4.39 Å². The number of benzene rings is 1. The highest BCUT2D eigenvalue weighted by atomic mass is 19.1. The number of hydrogen-bond donors (Lipinski definition) is 0. The number of hydrogen-bond acceptors (Lipinski definition) is 0. The van der Waals surface area contributed by atoms with Crippen LogP contribution in [-0.2, 0) is 6.42 Å². The summed E-state index contributed by atoms with van der Waals surface area (Å²) in [6.45, 7) is 2.09. The summed E-state index contributed by atoms with van der Waals surface area (Å²) in [4.78, 5) is 0. The van der Waals surface area contributed by atoms with Crippen molar-refractivity contribution < 1.29 is 4.39 Å². The zero-order chi connectivity index (χ0) is 9.52. The van der Waals surface area contributed by atoms with Crippen LogP contribution in [0.1, 0.15) is 31.7 Å². The normalized spacial score (nSPS) is 12.8. The quantitative estimate of drug-likeness (QED) is 0.647. The van der Waals surface area contributed by atoms with Crippen molar-refractivity contribution in [3.05, 3.63) is 35.9 Å². The zero-order valence-electron chi connectivity index (χ0n) is 8.17. The van der Waals surface area contributed by atoms with Gasteiger partial charge in [0.1, 0.15) is 6.17 Å². The monoisotopic (exact) mass is 180 g/mol. The average Bonchev–Trinajstić information content (AvgIpc) is 2.16. The van der Waals surface area contributed by atoms with Gasteiger partial charge in [0.2, 0.25) is 0 Å². The van der Waals surface area contributed by atoms with Crippen LogP contribution >= 0.6 is 0 Å². The van der Waals surface area contributed by atoms with Crippen molar-refractivity contribution in [3.8, 4) is 0 Å². The maximum Gasteiger partial charge on any atom is 0.104 e. The Morgan fingerprint density at radius 2 is 1.92 bits per heavy atom. The second kappa shape index (κ2) is 5.74. The Morgan fingerprint density at radius 3 is 2.54 bits per heavy atom. The van der Waals surface area contributed by atoms with Crippen molar-refractivity contribution in [2.45, 2.75) is 38.8 Å². The van der Waals surface area contributed by atoms with Gasteiger partial charge in [-0.05, 0) is 12.0 Å². The van der Waals surface area contributed by atoms with E-state index in [9.17, 15) is 4.39 Å². The van der Waals surface area contributed by atoms with Crippen molar-refractivity contribution in [2.24, 2.45) is 0 Å². The molecular weight excluding hydrogens is 163 g/mol. The predicted octanol–water partition coefficient (Wildman–Crippen LogP) is 3.76. The lowest BCUT2D eigenvalue weighted by molar-refractivity contribution is 0.305. The summed E-state index contributed by atoms with van der Waals surface area (Å²) in [6, 6.07) is 9.85. The van der Waals surface area contributed by atoms with Crippen LogP contribution in [-0.4, -0.2) is 6.17 Å². The smallest absolute Gasteiger partial charge is 0.104 e. The van der Waals surface area contributed by atoms with Crippen LogP contribution in [0.3, 0.4) is 0 Å². The molecule has 0 aromatic heterocycles. The molecular formula is C12H17F. The summed E-state index contributed by atoms with van der Waals surface area (Å²) >= 11 is 0. The molecule has 0 N–H and O–H groups in total. The number of alkyl halides is 1. The molecule has 0 nitrogen and oxygen atoms in total. The van der Waals surface area contributed by atoms with Gasteiger partial charge < -0.3 is 0 Å². The predicted molar refractivity (Wildman–Crippen MR) is 54.6 cm³/mol. The molecule has 0 heterocycles. The van der Waals surface area contributed by atoms with Gasteiger partial charge in [0.15, 0.2) is 0 Å². The lowest BCUT2D eigenvalue weighted by Crippen LogP contribution is -2.04. The number of rotatable bonds is 5. The number of unbranched alkanes of at least 4 members (excludes halogenated alkanes) is 1. The highest BCUT2D eigenvalue weighted by molar-refractivity contribution is 5.15. The first-order chi connectivity index (χ1) is 6.33. The molecule has 0 saturated carbocycles. The summed E-state index contributed by atoms with van der Waals surface area (Å²) in [7, 11) is 0. The van der Waals surface area contributed by atoms with Crippen molar-refractivity contribution in [1.82, 2.24) is 0 Å². The summed E-state index contributed by atoms with van der Waals surface area (Å²) in [5, 5.41) is 0. The van der Waals surface area contributed by atoms with Crippen molar-refractivity contribution in [1.29, 1.82) is 0 Å². The van der Waals surface area contributed by atoms with Crippen LogP contribution in [0.5, 0.6) is 0 Å². The Labute approximate surface area is 79.8 Å². The minimum atomic E-state index is -0.664. The summed E-state index contributed by atoms with van der Waals surface area (Å²) in [6.07, 6.45) is 2.68. The van der Waals surface area contributed by atoms with Gasteiger partial charge in [-0.3, -0.25) is 0 Å². The van der Waals surface area contributed by atoms with E-state index in [0.29, 0.717) is 12.8 Å². The molecule has 0 aliphatic heterocycles. The van der Waals surface area contributed by atoms with E-state index in [-0.39, 0.29) is 0 Å². The van der Waals surface area contributed by atoms with Crippen molar-refractivity contribution >= 4 is 0 Å². The Hall–Kier alpha value is -0.850. The van der Waals surface area contributed by atoms with Crippen molar-refractivity contribution in [2.75, 3.05) is 0 Å². The third kappa shape index (κ3) is 4.07. The average molecular weight is 180 g/mol. The Morgan fingerprint density at radius 1 is 1.23 bits per heavy atom. The van der Waals surface area contributed by atoms with E-state index in [2.05, 4.69) is 6.92 Å². The van der Waals surface area contributed by atoms with E-state index >= 15 is 0 Å². The van der Waals surface area contributed by atoms with Gasteiger partial charge in [0.05, 0.1) is 0 Å². The summed E-state index contributed by atoms with van der Waals surface area (Å²) in [5.74, 6) is 0. The molecule has 1 unspecified atom stereocenters. The van der Waals surface area contributed by atoms with Gasteiger partial charge in [0, 0.05) is 6.42 Å². The van der Waals surface area contributed by atoms with E-state index in [1.165, 1.54) is 0 Å². The molecule has 0 bridgehead atoms. The largest absolute Gasteiger partial charge is 0.247 e.